The van der Waals surface area contributed by atoms with Gasteiger partial charge >= 0.3 is 0 Å². The van der Waals surface area contributed by atoms with Crippen molar-refractivity contribution in [1.29, 1.82) is 0 Å². The Morgan fingerprint density at radius 2 is 2.12 bits per heavy atom. The smallest absolute Gasteiger partial charge is 0.248 e. The summed E-state index contributed by atoms with van der Waals surface area (Å²) in [5.74, 6) is 1.91. The van der Waals surface area contributed by atoms with Crippen LogP contribution in [-0.4, -0.2) is 46.6 Å². The lowest BCUT2D eigenvalue weighted by atomic mass is 10.2. The molecule has 0 spiro atoms. The van der Waals surface area contributed by atoms with Crippen LogP contribution in [0.25, 0.3) is 0 Å². The zero-order valence-corrected chi connectivity index (χ0v) is 14.4. The molecule has 2 atom stereocenters. The van der Waals surface area contributed by atoms with Crippen LogP contribution < -0.4 is 14.8 Å². The molecule has 2 fully saturated rings. The highest BCUT2D eigenvalue weighted by Crippen LogP contribution is 2.47. The largest absolute Gasteiger partial charge is 0.490 e. The topological polar surface area (TPSA) is 67.9 Å². The molecule has 1 aromatic carbocycles. The number of nitrogens with zero attached hydrogens (tertiary/aromatic N) is 1. The molecule has 2 amide bonds. The van der Waals surface area contributed by atoms with E-state index in [1.165, 1.54) is 0 Å². The Labute approximate surface area is 144 Å². The molecule has 1 aromatic rings. The lowest BCUT2D eigenvalue weighted by Gasteiger charge is -2.29. The van der Waals surface area contributed by atoms with E-state index in [-0.39, 0.29) is 16.7 Å². The van der Waals surface area contributed by atoms with Crippen molar-refractivity contribution in [3.05, 3.63) is 18.2 Å². The van der Waals surface area contributed by atoms with Gasteiger partial charge in [-0.15, -0.1) is 11.8 Å². The van der Waals surface area contributed by atoms with Crippen LogP contribution in [0.3, 0.4) is 0 Å². The van der Waals surface area contributed by atoms with Gasteiger partial charge in [-0.3, -0.25) is 9.59 Å². The number of carbonyl (C=O) groups is 2. The zero-order chi connectivity index (χ0) is 16.7. The van der Waals surface area contributed by atoms with Gasteiger partial charge < -0.3 is 19.7 Å². The van der Waals surface area contributed by atoms with E-state index in [1.54, 1.807) is 28.8 Å². The number of benzene rings is 1. The molecule has 2 unspecified atom stereocenters. The maximum atomic E-state index is 12.7. The molecular formula is C17H20N2O4S. The van der Waals surface area contributed by atoms with Gasteiger partial charge in [0, 0.05) is 30.3 Å². The first kappa shape index (κ1) is 15.6. The molecule has 24 heavy (non-hydrogen) atoms. The Balaban J connectivity index is 1.50. The average Bonchev–Trinajstić information content (AvgIpc) is 2.93. The Morgan fingerprint density at radius 1 is 1.33 bits per heavy atom. The van der Waals surface area contributed by atoms with E-state index in [2.05, 4.69) is 5.32 Å². The molecule has 0 bridgehead atoms. The molecule has 1 N–H and O–H groups in total. The lowest BCUT2D eigenvalue weighted by molar-refractivity contribution is -0.135. The minimum Gasteiger partial charge on any atom is -0.490 e. The van der Waals surface area contributed by atoms with Crippen molar-refractivity contribution in [1.82, 2.24) is 4.90 Å². The molecule has 4 rings (SSSR count). The number of hydrogen-bond donors (Lipinski definition) is 1. The van der Waals surface area contributed by atoms with Crippen LogP contribution in [0.1, 0.15) is 26.2 Å². The number of fused-ring (bicyclic) bond motifs is 2. The summed E-state index contributed by atoms with van der Waals surface area (Å²) >= 11 is 1.69. The summed E-state index contributed by atoms with van der Waals surface area (Å²) in [5.41, 5.74) is 0.662. The summed E-state index contributed by atoms with van der Waals surface area (Å²) in [7, 11) is 0. The predicted molar refractivity (Wildman–Crippen MR) is 91.4 cm³/mol. The minimum atomic E-state index is -0.411. The van der Waals surface area contributed by atoms with Gasteiger partial charge in [0.2, 0.25) is 11.8 Å². The standard InChI is InChI=1S/C17H20N2O4S/c1-17-6-5-15(20)19(17)12(10-24-17)16(21)18-11-3-4-13-14(9-11)23-8-2-7-22-13/h3-4,9,12H,2,5-8,10H2,1H3,(H,18,21). The molecule has 3 aliphatic rings. The summed E-state index contributed by atoms with van der Waals surface area (Å²) in [5, 5.41) is 2.92. The van der Waals surface area contributed by atoms with Gasteiger partial charge in [-0.05, 0) is 25.5 Å². The predicted octanol–water partition coefficient (Wildman–Crippen LogP) is 2.24. The maximum Gasteiger partial charge on any atom is 0.248 e. The normalized spacial score (nSPS) is 28.5. The van der Waals surface area contributed by atoms with E-state index >= 15 is 0 Å². The first-order valence-corrected chi connectivity index (χ1v) is 9.22. The molecule has 3 aliphatic heterocycles. The summed E-state index contributed by atoms with van der Waals surface area (Å²) in [6, 6.07) is 4.99. The van der Waals surface area contributed by atoms with Crippen molar-refractivity contribution in [2.45, 2.75) is 37.1 Å². The van der Waals surface area contributed by atoms with Crippen LogP contribution in [0.4, 0.5) is 5.69 Å². The monoisotopic (exact) mass is 348 g/mol. The quantitative estimate of drug-likeness (QED) is 0.888. The molecule has 0 saturated carbocycles. The van der Waals surface area contributed by atoms with Gasteiger partial charge in [0.15, 0.2) is 11.5 Å². The van der Waals surface area contributed by atoms with Gasteiger partial charge in [-0.1, -0.05) is 0 Å². The second-order valence-corrected chi connectivity index (χ2v) is 7.97. The van der Waals surface area contributed by atoms with Gasteiger partial charge in [0.05, 0.1) is 18.1 Å². The fourth-order valence-electron chi connectivity index (χ4n) is 3.48. The van der Waals surface area contributed by atoms with E-state index in [0.717, 1.165) is 12.8 Å². The zero-order valence-electron chi connectivity index (χ0n) is 13.5. The summed E-state index contributed by atoms with van der Waals surface area (Å²) < 4.78 is 11.3. The molecule has 7 heteroatoms. The highest BCUT2D eigenvalue weighted by molar-refractivity contribution is 8.01. The number of hydrogen-bond acceptors (Lipinski definition) is 5. The van der Waals surface area contributed by atoms with Crippen molar-refractivity contribution in [2.75, 3.05) is 24.3 Å². The molecule has 3 heterocycles. The third-order valence-electron chi connectivity index (χ3n) is 4.76. The third kappa shape index (κ3) is 2.60. The van der Waals surface area contributed by atoms with E-state index < -0.39 is 6.04 Å². The fourth-order valence-corrected chi connectivity index (χ4v) is 4.91. The van der Waals surface area contributed by atoms with Crippen LogP contribution in [0.5, 0.6) is 11.5 Å². The summed E-state index contributed by atoms with van der Waals surface area (Å²) in [6.45, 7) is 3.28. The van der Waals surface area contributed by atoms with Crippen LogP contribution in [0.15, 0.2) is 18.2 Å². The van der Waals surface area contributed by atoms with Crippen molar-refractivity contribution in [3.8, 4) is 11.5 Å². The van der Waals surface area contributed by atoms with Gasteiger partial charge in [0.25, 0.3) is 0 Å². The first-order chi connectivity index (χ1) is 11.6. The van der Waals surface area contributed by atoms with Crippen molar-refractivity contribution < 1.29 is 19.1 Å². The number of carbonyl (C=O) groups excluding carboxylic acids is 2. The SMILES string of the molecule is CC12CCC(=O)N1C(C(=O)Nc1ccc3c(c1)OCCCO3)CS2. The molecule has 6 nitrogen and oxygen atoms in total. The van der Waals surface area contributed by atoms with Gasteiger partial charge in [-0.2, -0.15) is 0 Å². The van der Waals surface area contributed by atoms with E-state index in [0.29, 0.717) is 42.6 Å². The number of amides is 2. The van der Waals surface area contributed by atoms with Crippen LogP contribution >= 0.6 is 11.8 Å². The van der Waals surface area contributed by atoms with Crippen LogP contribution in [-0.2, 0) is 9.59 Å². The molecule has 0 aromatic heterocycles. The van der Waals surface area contributed by atoms with Crippen molar-refractivity contribution in [3.63, 3.8) is 0 Å². The number of rotatable bonds is 2. The van der Waals surface area contributed by atoms with Crippen molar-refractivity contribution in [2.24, 2.45) is 0 Å². The Morgan fingerprint density at radius 3 is 2.96 bits per heavy atom. The number of ether oxygens (including phenoxy) is 2. The average molecular weight is 348 g/mol. The number of thioether (sulfide) groups is 1. The van der Waals surface area contributed by atoms with Crippen LogP contribution in [0.2, 0.25) is 0 Å². The highest BCUT2D eigenvalue weighted by atomic mass is 32.2. The fraction of sp³-hybridized carbons (Fsp3) is 0.529. The Kier molecular flexibility index (Phi) is 3.83. The molecular weight excluding hydrogens is 328 g/mol. The molecule has 2 saturated heterocycles. The number of nitrogens with one attached hydrogen (secondary N) is 1. The minimum absolute atomic E-state index is 0.0707. The molecule has 0 aliphatic carbocycles. The van der Waals surface area contributed by atoms with E-state index in [1.807, 2.05) is 13.0 Å². The summed E-state index contributed by atoms with van der Waals surface area (Å²) in [4.78, 5) is 26.4. The third-order valence-corrected chi connectivity index (χ3v) is 6.27. The second kappa shape index (κ2) is 5.88. The van der Waals surface area contributed by atoms with Crippen LogP contribution in [0, 0.1) is 0 Å². The first-order valence-electron chi connectivity index (χ1n) is 8.23. The van der Waals surface area contributed by atoms with Crippen molar-refractivity contribution >= 4 is 29.3 Å². The highest BCUT2D eigenvalue weighted by Gasteiger charge is 2.52. The second-order valence-electron chi connectivity index (χ2n) is 6.47. The van der Waals surface area contributed by atoms with E-state index in [4.69, 9.17) is 9.47 Å². The molecule has 128 valence electrons. The molecule has 0 radical (unpaired) electrons. The Hall–Kier alpha value is -1.89. The van der Waals surface area contributed by atoms with E-state index in [9.17, 15) is 9.59 Å². The summed E-state index contributed by atoms with van der Waals surface area (Å²) in [6.07, 6.45) is 2.17. The van der Waals surface area contributed by atoms with Gasteiger partial charge in [0.1, 0.15) is 6.04 Å². The maximum absolute atomic E-state index is 12.7. The van der Waals surface area contributed by atoms with Gasteiger partial charge in [-0.25, -0.2) is 0 Å². The number of anilines is 1. The lowest BCUT2D eigenvalue weighted by Crippen LogP contribution is -2.48. The Bertz CT molecular complexity index is 695.